The van der Waals surface area contributed by atoms with Gasteiger partial charge < -0.3 is 14.5 Å². The Morgan fingerprint density at radius 1 is 1.31 bits per heavy atom. The maximum Gasteiger partial charge on any atom is 0.164 e. The molecule has 0 bridgehead atoms. The molecule has 0 saturated carbocycles. The number of hydrogen-bond acceptors (Lipinski definition) is 3. The number of hydrogen-bond donors (Lipinski definition) is 2. The second-order valence-corrected chi connectivity index (χ2v) is 4.34. The Bertz CT molecular complexity index is 109. The fraction of sp³-hybridized carbons (Fsp3) is 1.00. The van der Waals surface area contributed by atoms with E-state index in [-0.39, 0.29) is 12.7 Å². The molecule has 0 aromatic heterocycles. The van der Waals surface area contributed by atoms with Crippen LogP contribution in [-0.2, 0) is 4.52 Å². The molecule has 0 radical (unpaired) electrons. The van der Waals surface area contributed by atoms with Crippen molar-refractivity contribution in [1.82, 2.24) is 0 Å². The van der Waals surface area contributed by atoms with Crippen LogP contribution in [0.3, 0.4) is 0 Å². The highest BCUT2D eigenvalue weighted by molar-refractivity contribution is 7.45. The van der Waals surface area contributed by atoms with E-state index in [0.717, 1.165) is 12.8 Å². The van der Waals surface area contributed by atoms with Gasteiger partial charge in [-0.1, -0.05) is 26.2 Å². The molecule has 0 saturated heterocycles. The van der Waals surface area contributed by atoms with Crippen molar-refractivity contribution in [3.63, 3.8) is 0 Å². The van der Waals surface area contributed by atoms with E-state index >= 15 is 0 Å². The second-order valence-electron chi connectivity index (χ2n) is 3.20. The molecule has 0 aliphatic carbocycles. The quantitative estimate of drug-likeness (QED) is 0.475. The fourth-order valence-corrected chi connectivity index (χ4v) is 1.87. The Hall–Kier alpha value is 0.310. The van der Waals surface area contributed by atoms with E-state index in [0.29, 0.717) is 6.42 Å². The lowest BCUT2D eigenvalue weighted by molar-refractivity contribution is 0.146. The minimum Gasteiger partial charge on any atom is -0.396 e. The molecule has 0 aromatic rings. The van der Waals surface area contributed by atoms with Crippen molar-refractivity contribution in [1.29, 1.82) is 0 Å². The van der Waals surface area contributed by atoms with Gasteiger partial charge in [-0.25, -0.2) is 0 Å². The van der Waals surface area contributed by atoms with Crippen molar-refractivity contribution in [2.24, 2.45) is 0 Å². The minimum absolute atomic E-state index is 0.0395. The van der Waals surface area contributed by atoms with E-state index < -0.39 is 8.38 Å². The van der Waals surface area contributed by atoms with Gasteiger partial charge in [-0.3, -0.25) is 0 Å². The SMILES string of the molecule is CCCCCC(CCO)OP(C)O. The van der Waals surface area contributed by atoms with Crippen molar-refractivity contribution in [3.8, 4) is 0 Å². The number of aliphatic hydroxyl groups excluding tert-OH is 1. The van der Waals surface area contributed by atoms with E-state index in [1.165, 1.54) is 12.8 Å². The molecule has 4 heteroatoms. The van der Waals surface area contributed by atoms with Crippen LogP contribution in [0.15, 0.2) is 0 Å². The minimum atomic E-state index is -1.28. The van der Waals surface area contributed by atoms with Crippen LogP contribution < -0.4 is 0 Å². The lowest BCUT2D eigenvalue weighted by atomic mass is 10.1. The summed E-state index contributed by atoms with van der Waals surface area (Å²) in [6.45, 7) is 3.96. The number of aliphatic hydroxyl groups is 1. The molecule has 2 N–H and O–H groups in total. The molecule has 2 unspecified atom stereocenters. The molecule has 13 heavy (non-hydrogen) atoms. The fourth-order valence-electron chi connectivity index (χ4n) is 1.23. The summed E-state index contributed by atoms with van der Waals surface area (Å²) in [4.78, 5) is 9.07. The topological polar surface area (TPSA) is 49.7 Å². The van der Waals surface area contributed by atoms with Gasteiger partial charge in [0.1, 0.15) is 0 Å². The molecule has 80 valence electrons. The van der Waals surface area contributed by atoms with E-state index in [1.54, 1.807) is 6.66 Å². The van der Waals surface area contributed by atoms with Crippen LogP contribution in [0.4, 0.5) is 0 Å². The Labute approximate surface area is 82.0 Å². The van der Waals surface area contributed by atoms with Crippen LogP contribution in [0.25, 0.3) is 0 Å². The standard InChI is InChI=1S/C9H21O3P/c1-3-4-5-6-9(7-8-10)12-13(2)11/h9-11H,3-8H2,1-2H3. The molecule has 0 spiro atoms. The maximum atomic E-state index is 9.07. The van der Waals surface area contributed by atoms with E-state index in [4.69, 9.17) is 14.5 Å². The predicted octanol–water partition coefficient (Wildman–Crippen LogP) is 2.27. The molecule has 0 aliphatic rings. The molecule has 0 amide bonds. The summed E-state index contributed by atoms with van der Waals surface area (Å²) in [7, 11) is -1.28. The summed E-state index contributed by atoms with van der Waals surface area (Å²) in [6, 6.07) is 0. The van der Waals surface area contributed by atoms with Crippen molar-refractivity contribution in [2.45, 2.75) is 45.1 Å². The largest absolute Gasteiger partial charge is 0.396 e. The van der Waals surface area contributed by atoms with Crippen molar-refractivity contribution < 1.29 is 14.5 Å². The summed E-state index contributed by atoms with van der Waals surface area (Å²) in [5.41, 5.74) is 0. The van der Waals surface area contributed by atoms with E-state index in [9.17, 15) is 0 Å². The monoisotopic (exact) mass is 208 g/mol. The third kappa shape index (κ3) is 8.63. The molecule has 0 heterocycles. The van der Waals surface area contributed by atoms with Crippen LogP contribution in [0.2, 0.25) is 0 Å². The van der Waals surface area contributed by atoms with E-state index in [2.05, 4.69) is 6.92 Å². The third-order valence-electron chi connectivity index (χ3n) is 1.88. The van der Waals surface area contributed by atoms with Gasteiger partial charge in [0.05, 0.1) is 6.10 Å². The molecule has 3 nitrogen and oxygen atoms in total. The molecule has 0 aliphatic heterocycles. The maximum absolute atomic E-state index is 9.07. The van der Waals surface area contributed by atoms with Gasteiger partial charge in [0.15, 0.2) is 8.38 Å². The Morgan fingerprint density at radius 2 is 2.00 bits per heavy atom. The zero-order chi connectivity index (χ0) is 10.1. The highest BCUT2D eigenvalue weighted by Crippen LogP contribution is 2.30. The van der Waals surface area contributed by atoms with Crippen molar-refractivity contribution in [3.05, 3.63) is 0 Å². The smallest absolute Gasteiger partial charge is 0.164 e. The molecule has 2 atom stereocenters. The van der Waals surface area contributed by atoms with Gasteiger partial charge in [-0.15, -0.1) is 0 Å². The number of unbranched alkanes of at least 4 members (excludes halogenated alkanes) is 2. The zero-order valence-corrected chi connectivity index (χ0v) is 9.46. The summed E-state index contributed by atoms with van der Waals surface area (Å²) in [5, 5.41) is 8.75. The van der Waals surface area contributed by atoms with Crippen molar-refractivity contribution in [2.75, 3.05) is 13.3 Å². The summed E-state index contributed by atoms with van der Waals surface area (Å²) in [6.07, 6.45) is 5.12. The first-order valence-corrected chi connectivity index (χ1v) is 6.56. The van der Waals surface area contributed by atoms with Crippen LogP contribution >= 0.6 is 8.38 Å². The first kappa shape index (κ1) is 13.3. The summed E-state index contributed by atoms with van der Waals surface area (Å²) in [5.74, 6) is 0. The lowest BCUT2D eigenvalue weighted by Gasteiger charge is -2.17. The first-order chi connectivity index (χ1) is 6.20. The Balaban J connectivity index is 3.53. The molecular weight excluding hydrogens is 187 g/mol. The molecule has 0 rings (SSSR count). The second kappa shape index (κ2) is 8.89. The average Bonchev–Trinajstić information content (AvgIpc) is 2.04. The van der Waals surface area contributed by atoms with Crippen LogP contribution in [0, 0.1) is 0 Å². The van der Waals surface area contributed by atoms with Crippen molar-refractivity contribution >= 4 is 8.38 Å². The van der Waals surface area contributed by atoms with Crippen LogP contribution in [0.1, 0.15) is 39.0 Å². The van der Waals surface area contributed by atoms with E-state index in [1.807, 2.05) is 0 Å². The summed E-state index contributed by atoms with van der Waals surface area (Å²) < 4.78 is 5.30. The van der Waals surface area contributed by atoms with Gasteiger partial charge >= 0.3 is 0 Å². The first-order valence-electron chi connectivity index (χ1n) is 4.91. The van der Waals surface area contributed by atoms with Crippen LogP contribution in [0.5, 0.6) is 0 Å². The van der Waals surface area contributed by atoms with Gasteiger partial charge in [0.2, 0.25) is 0 Å². The molecule has 0 fully saturated rings. The summed E-state index contributed by atoms with van der Waals surface area (Å²) >= 11 is 0. The highest BCUT2D eigenvalue weighted by Gasteiger charge is 2.10. The number of rotatable bonds is 8. The van der Waals surface area contributed by atoms with Gasteiger partial charge in [0, 0.05) is 13.3 Å². The molecule has 0 aromatic carbocycles. The van der Waals surface area contributed by atoms with Gasteiger partial charge in [-0.05, 0) is 12.8 Å². The van der Waals surface area contributed by atoms with Gasteiger partial charge in [-0.2, -0.15) is 0 Å². The third-order valence-corrected chi connectivity index (χ3v) is 2.49. The Kier molecular flexibility index (Phi) is 9.10. The van der Waals surface area contributed by atoms with Crippen LogP contribution in [-0.4, -0.2) is 29.4 Å². The molecular formula is C9H21O3P. The predicted molar refractivity (Wildman–Crippen MR) is 55.8 cm³/mol. The average molecular weight is 208 g/mol. The normalized spacial score (nSPS) is 15.7. The van der Waals surface area contributed by atoms with Gasteiger partial charge in [0.25, 0.3) is 0 Å². The zero-order valence-electron chi connectivity index (χ0n) is 8.57. The Morgan fingerprint density at radius 3 is 2.46 bits per heavy atom. The lowest BCUT2D eigenvalue weighted by Crippen LogP contribution is -2.12. The highest BCUT2D eigenvalue weighted by atomic mass is 31.2.